The van der Waals surface area contributed by atoms with Crippen molar-refractivity contribution in [1.29, 1.82) is 0 Å². The molecule has 0 amide bonds. The molecular formula is C16H13N5O2. The Kier molecular flexibility index (Phi) is 3.36. The predicted molar refractivity (Wildman–Crippen MR) is 85.4 cm³/mol. The Hall–Kier alpha value is -3.35. The van der Waals surface area contributed by atoms with Crippen molar-refractivity contribution >= 4 is 23.1 Å². The smallest absolute Gasteiger partial charge is 0.249 e. The van der Waals surface area contributed by atoms with Gasteiger partial charge < -0.3 is 20.1 Å². The standard InChI is InChI=1S/C16H13N5O2/c1-2-4-11(5-3-1)18-15-9-17-21-16(20-15)19-12-6-7-13-14(8-12)23-10-22-13/h1-9H,10H2,(H2,18,19,20,21). The second kappa shape index (κ2) is 5.80. The summed E-state index contributed by atoms with van der Waals surface area (Å²) in [6.45, 7) is 0.243. The molecule has 0 radical (unpaired) electrons. The summed E-state index contributed by atoms with van der Waals surface area (Å²) in [4.78, 5) is 4.39. The molecule has 7 heteroatoms. The van der Waals surface area contributed by atoms with Crippen molar-refractivity contribution in [2.45, 2.75) is 0 Å². The molecule has 0 saturated heterocycles. The fraction of sp³-hybridized carbons (Fsp3) is 0.0625. The molecule has 2 N–H and O–H groups in total. The van der Waals surface area contributed by atoms with Crippen LogP contribution in [-0.4, -0.2) is 22.0 Å². The number of nitrogens with zero attached hydrogens (tertiary/aromatic N) is 3. The van der Waals surface area contributed by atoms with Crippen LogP contribution in [0, 0.1) is 0 Å². The van der Waals surface area contributed by atoms with Crippen molar-refractivity contribution in [2.24, 2.45) is 0 Å². The van der Waals surface area contributed by atoms with E-state index in [9.17, 15) is 0 Å². The Balaban J connectivity index is 1.52. The van der Waals surface area contributed by atoms with Crippen molar-refractivity contribution in [3.05, 3.63) is 54.7 Å². The third-order valence-corrected chi connectivity index (χ3v) is 3.23. The molecule has 4 rings (SSSR count). The van der Waals surface area contributed by atoms with Gasteiger partial charge in [0.1, 0.15) is 0 Å². The van der Waals surface area contributed by atoms with Gasteiger partial charge in [-0.3, -0.25) is 0 Å². The number of para-hydroxylation sites is 1. The molecule has 2 heterocycles. The molecule has 2 aromatic carbocycles. The SMILES string of the molecule is c1ccc(Nc2cnnc(Nc3ccc4c(c3)OCO4)n2)cc1. The van der Waals surface area contributed by atoms with E-state index < -0.39 is 0 Å². The molecule has 114 valence electrons. The van der Waals surface area contributed by atoms with Crippen LogP contribution in [0.25, 0.3) is 0 Å². The van der Waals surface area contributed by atoms with E-state index in [0.717, 1.165) is 17.1 Å². The number of aromatic nitrogens is 3. The molecule has 0 aliphatic carbocycles. The highest BCUT2D eigenvalue weighted by atomic mass is 16.7. The minimum Gasteiger partial charge on any atom is -0.454 e. The lowest BCUT2D eigenvalue weighted by Gasteiger charge is -2.08. The van der Waals surface area contributed by atoms with Crippen molar-refractivity contribution in [3.63, 3.8) is 0 Å². The summed E-state index contributed by atoms with van der Waals surface area (Å²) >= 11 is 0. The van der Waals surface area contributed by atoms with E-state index in [1.807, 2.05) is 48.5 Å². The van der Waals surface area contributed by atoms with Crippen LogP contribution in [-0.2, 0) is 0 Å². The lowest BCUT2D eigenvalue weighted by atomic mass is 10.3. The first-order valence-electron chi connectivity index (χ1n) is 7.05. The number of fused-ring (bicyclic) bond motifs is 1. The Bertz CT molecular complexity index is 826. The molecular weight excluding hydrogens is 294 g/mol. The topological polar surface area (TPSA) is 81.2 Å². The van der Waals surface area contributed by atoms with E-state index in [1.54, 1.807) is 6.20 Å². The summed E-state index contributed by atoms with van der Waals surface area (Å²) in [5, 5.41) is 14.2. The van der Waals surface area contributed by atoms with Gasteiger partial charge in [-0.2, -0.15) is 10.1 Å². The number of hydrogen-bond acceptors (Lipinski definition) is 7. The van der Waals surface area contributed by atoms with Crippen LogP contribution in [0.3, 0.4) is 0 Å². The summed E-state index contributed by atoms with van der Waals surface area (Å²) in [6, 6.07) is 15.3. The van der Waals surface area contributed by atoms with Crippen LogP contribution in [0.15, 0.2) is 54.7 Å². The van der Waals surface area contributed by atoms with E-state index in [0.29, 0.717) is 17.5 Å². The first-order valence-corrected chi connectivity index (χ1v) is 7.05. The quantitative estimate of drug-likeness (QED) is 0.766. The number of benzene rings is 2. The number of hydrogen-bond donors (Lipinski definition) is 2. The lowest BCUT2D eigenvalue weighted by Crippen LogP contribution is -2.02. The molecule has 23 heavy (non-hydrogen) atoms. The highest BCUT2D eigenvalue weighted by Gasteiger charge is 2.13. The number of nitrogens with one attached hydrogen (secondary N) is 2. The third kappa shape index (κ3) is 2.98. The summed E-state index contributed by atoms with van der Waals surface area (Å²) < 4.78 is 10.6. The second-order valence-electron chi connectivity index (χ2n) is 4.85. The molecule has 7 nitrogen and oxygen atoms in total. The van der Waals surface area contributed by atoms with E-state index in [1.165, 1.54) is 0 Å². The minimum atomic E-state index is 0.243. The van der Waals surface area contributed by atoms with Gasteiger partial charge in [0.2, 0.25) is 12.7 Å². The highest BCUT2D eigenvalue weighted by molar-refractivity contribution is 5.61. The molecule has 1 aliphatic rings. The molecule has 0 bridgehead atoms. The first-order chi connectivity index (χ1) is 11.4. The lowest BCUT2D eigenvalue weighted by molar-refractivity contribution is 0.174. The van der Waals surface area contributed by atoms with Gasteiger partial charge in [0, 0.05) is 17.4 Å². The number of rotatable bonds is 4. The van der Waals surface area contributed by atoms with E-state index in [2.05, 4.69) is 25.8 Å². The second-order valence-corrected chi connectivity index (χ2v) is 4.85. The molecule has 3 aromatic rings. The van der Waals surface area contributed by atoms with Crippen LogP contribution < -0.4 is 20.1 Å². The molecule has 0 spiro atoms. The molecule has 0 fully saturated rings. The zero-order valence-electron chi connectivity index (χ0n) is 12.1. The third-order valence-electron chi connectivity index (χ3n) is 3.23. The fourth-order valence-corrected chi connectivity index (χ4v) is 2.19. The van der Waals surface area contributed by atoms with Gasteiger partial charge in [-0.25, -0.2) is 0 Å². The molecule has 1 aliphatic heterocycles. The molecule has 0 saturated carbocycles. The number of anilines is 4. The van der Waals surface area contributed by atoms with Crippen molar-refractivity contribution in [3.8, 4) is 11.5 Å². The highest BCUT2D eigenvalue weighted by Crippen LogP contribution is 2.34. The Morgan fingerprint density at radius 1 is 0.870 bits per heavy atom. The van der Waals surface area contributed by atoms with Crippen molar-refractivity contribution in [2.75, 3.05) is 17.4 Å². The monoisotopic (exact) mass is 307 g/mol. The maximum atomic E-state index is 5.35. The average Bonchev–Trinajstić information content (AvgIpc) is 3.04. The van der Waals surface area contributed by atoms with Gasteiger partial charge in [0.05, 0.1) is 6.20 Å². The van der Waals surface area contributed by atoms with Gasteiger partial charge >= 0.3 is 0 Å². The number of ether oxygens (including phenoxy) is 2. The zero-order valence-corrected chi connectivity index (χ0v) is 12.1. The average molecular weight is 307 g/mol. The van der Waals surface area contributed by atoms with Gasteiger partial charge in [-0.1, -0.05) is 18.2 Å². The normalized spacial score (nSPS) is 12.0. The van der Waals surface area contributed by atoms with Crippen molar-refractivity contribution < 1.29 is 9.47 Å². The Labute approximate surface area is 132 Å². The maximum Gasteiger partial charge on any atom is 0.249 e. The molecule has 0 unspecified atom stereocenters. The Morgan fingerprint density at radius 2 is 1.74 bits per heavy atom. The first kappa shape index (κ1) is 13.3. The van der Waals surface area contributed by atoms with E-state index >= 15 is 0 Å². The molecule has 0 atom stereocenters. The zero-order chi connectivity index (χ0) is 15.5. The van der Waals surface area contributed by atoms with Gasteiger partial charge in [0.15, 0.2) is 17.3 Å². The van der Waals surface area contributed by atoms with Gasteiger partial charge in [-0.05, 0) is 24.3 Å². The maximum absolute atomic E-state index is 5.35. The minimum absolute atomic E-state index is 0.243. The van der Waals surface area contributed by atoms with E-state index in [4.69, 9.17) is 9.47 Å². The van der Waals surface area contributed by atoms with Gasteiger partial charge in [-0.15, -0.1) is 5.10 Å². The summed E-state index contributed by atoms with van der Waals surface area (Å²) in [7, 11) is 0. The predicted octanol–water partition coefficient (Wildman–Crippen LogP) is 3.09. The van der Waals surface area contributed by atoms with Crippen molar-refractivity contribution in [1.82, 2.24) is 15.2 Å². The Morgan fingerprint density at radius 3 is 2.65 bits per heavy atom. The summed E-state index contributed by atoms with van der Waals surface area (Å²) in [5.41, 5.74) is 1.73. The fourth-order valence-electron chi connectivity index (χ4n) is 2.19. The van der Waals surface area contributed by atoms with Crippen LogP contribution in [0.4, 0.5) is 23.1 Å². The van der Waals surface area contributed by atoms with E-state index in [-0.39, 0.29) is 6.79 Å². The van der Waals surface area contributed by atoms with Crippen LogP contribution >= 0.6 is 0 Å². The molecule has 1 aromatic heterocycles. The summed E-state index contributed by atoms with van der Waals surface area (Å²) in [5.74, 6) is 2.43. The summed E-state index contributed by atoms with van der Waals surface area (Å²) in [6.07, 6.45) is 1.57. The largest absolute Gasteiger partial charge is 0.454 e. The van der Waals surface area contributed by atoms with Crippen LogP contribution in [0.2, 0.25) is 0 Å². The van der Waals surface area contributed by atoms with Gasteiger partial charge in [0.25, 0.3) is 0 Å². The van der Waals surface area contributed by atoms with Crippen LogP contribution in [0.5, 0.6) is 11.5 Å². The van der Waals surface area contributed by atoms with Crippen LogP contribution in [0.1, 0.15) is 0 Å².